The van der Waals surface area contributed by atoms with Crippen molar-refractivity contribution >= 4 is 17.9 Å². The first-order valence-electron chi connectivity index (χ1n) is 27.1. The van der Waals surface area contributed by atoms with Crippen molar-refractivity contribution in [3.05, 3.63) is 48.6 Å². The Labute approximate surface area is 390 Å². The quantitative estimate of drug-likeness (QED) is 0.0262. The lowest BCUT2D eigenvalue weighted by atomic mass is 10.0. The summed E-state index contributed by atoms with van der Waals surface area (Å²) in [4.78, 5) is 38.0. The lowest BCUT2D eigenvalue weighted by Gasteiger charge is -2.18. The largest absolute Gasteiger partial charge is 0.462 e. The average molecular weight is 883 g/mol. The van der Waals surface area contributed by atoms with Crippen LogP contribution in [0.15, 0.2) is 48.6 Å². The van der Waals surface area contributed by atoms with Crippen LogP contribution < -0.4 is 0 Å². The topological polar surface area (TPSA) is 78.9 Å². The van der Waals surface area contributed by atoms with Gasteiger partial charge in [-0.3, -0.25) is 14.4 Å². The summed E-state index contributed by atoms with van der Waals surface area (Å²) in [5.74, 6) is -0.899. The van der Waals surface area contributed by atoms with Gasteiger partial charge in [-0.2, -0.15) is 0 Å². The zero-order valence-electron chi connectivity index (χ0n) is 41.8. The summed E-state index contributed by atoms with van der Waals surface area (Å²) in [5, 5.41) is 0. The zero-order chi connectivity index (χ0) is 45.8. The van der Waals surface area contributed by atoms with Gasteiger partial charge in [0, 0.05) is 19.3 Å². The molecule has 0 fully saturated rings. The van der Waals surface area contributed by atoms with E-state index < -0.39 is 6.10 Å². The second-order valence-corrected chi connectivity index (χ2v) is 18.1. The number of carbonyl (C=O) groups excluding carboxylic acids is 3. The molecule has 0 amide bonds. The minimum Gasteiger partial charge on any atom is -0.462 e. The molecular weight excluding hydrogens is 781 g/mol. The molecule has 0 unspecified atom stereocenters. The zero-order valence-corrected chi connectivity index (χ0v) is 41.8. The van der Waals surface area contributed by atoms with Crippen LogP contribution in [0.1, 0.15) is 278 Å². The molecule has 6 nitrogen and oxygen atoms in total. The van der Waals surface area contributed by atoms with Crippen LogP contribution in [0.25, 0.3) is 0 Å². The minimum atomic E-state index is -0.783. The van der Waals surface area contributed by atoms with Gasteiger partial charge in [-0.15, -0.1) is 0 Å². The summed E-state index contributed by atoms with van der Waals surface area (Å²) < 4.78 is 16.8. The number of hydrogen-bond acceptors (Lipinski definition) is 6. The van der Waals surface area contributed by atoms with E-state index in [1.54, 1.807) is 0 Å². The van der Waals surface area contributed by atoms with Gasteiger partial charge in [-0.05, 0) is 83.5 Å². The van der Waals surface area contributed by atoms with Crippen molar-refractivity contribution < 1.29 is 28.6 Å². The third kappa shape index (κ3) is 50.2. The van der Waals surface area contributed by atoms with E-state index in [9.17, 15) is 14.4 Å². The maximum atomic E-state index is 12.8. The van der Waals surface area contributed by atoms with Crippen molar-refractivity contribution in [3.8, 4) is 0 Å². The van der Waals surface area contributed by atoms with E-state index in [0.717, 1.165) is 103 Å². The molecule has 366 valence electrons. The van der Waals surface area contributed by atoms with E-state index in [-0.39, 0.29) is 31.1 Å². The molecule has 0 saturated carbocycles. The van der Waals surface area contributed by atoms with Gasteiger partial charge >= 0.3 is 17.9 Å². The molecular formula is C57H102O6. The van der Waals surface area contributed by atoms with Crippen molar-refractivity contribution in [2.45, 2.75) is 284 Å². The molecule has 0 spiro atoms. The first-order valence-corrected chi connectivity index (χ1v) is 27.1. The van der Waals surface area contributed by atoms with Gasteiger partial charge in [-0.1, -0.05) is 223 Å². The van der Waals surface area contributed by atoms with Gasteiger partial charge in [0.25, 0.3) is 0 Å². The highest BCUT2D eigenvalue weighted by Gasteiger charge is 2.19. The number of unbranched alkanes of at least 4 members (excludes halogenated alkanes) is 30. The fourth-order valence-electron chi connectivity index (χ4n) is 7.68. The molecule has 0 aromatic rings. The number of ether oxygens (including phenoxy) is 3. The molecule has 63 heavy (non-hydrogen) atoms. The molecule has 0 rings (SSSR count). The van der Waals surface area contributed by atoms with E-state index >= 15 is 0 Å². The van der Waals surface area contributed by atoms with Crippen LogP contribution in [0.3, 0.4) is 0 Å². The predicted octanol–water partition coefficient (Wildman–Crippen LogP) is 17.9. The number of carbonyl (C=O) groups is 3. The Morgan fingerprint density at radius 1 is 0.317 bits per heavy atom. The second kappa shape index (κ2) is 52.0. The third-order valence-electron chi connectivity index (χ3n) is 11.8. The van der Waals surface area contributed by atoms with Crippen LogP contribution in [0.5, 0.6) is 0 Å². The predicted molar refractivity (Wildman–Crippen MR) is 270 cm³/mol. The van der Waals surface area contributed by atoms with E-state index in [1.807, 2.05) is 0 Å². The molecule has 0 saturated heterocycles. The summed E-state index contributed by atoms with van der Waals surface area (Å²) in [6.07, 6.45) is 62.3. The molecule has 6 heteroatoms. The Morgan fingerprint density at radius 2 is 0.571 bits per heavy atom. The smallest absolute Gasteiger partial charge is 0.306 e. The highest BCUT2D eigenvalue weighted by atomic mass is 16.6. The summed E-state index contributed by atoms with van der Waals surface area (Å²) in [7, 11) is 0. The molecule has 0 bridgehead atoms. The van der Waals surface area contributed by atoms with Crippen LogP contribution in [-0.2, 0) is 28.6 Å². The van der Waals surface area contributed by atoms with E-state index in [1.165, 1.54) is 135 Å². The van der Waals surface area contributed by atoms with Crippen molar-refractivity contribution in [2.24, 2.45) is 0 Å². The molecule has 0 radical (unpaired) electrons. The van der Waals surface area contributed by atoms with Crippen molar-refractivity contribution in [1.82, 2.24) is 0 Å². The number of hydrogen-bond donors (Lipinski definition) is 0. The first-order chi connectivity index (χ1) is 31.0. The van der Waals surface area contributed by atoms with Gasteiger partial charge in [0.15, 0.2) is 6.10 Å². The molecule has 0 N–H and O–H groups in total. The molecule has 1 atom stereocenters. The Hall–Kier alpha value is -2.63. The molecule has 0 aliphatic heterocycles. The third-order valence-corrected chi connectivity index (χ3v) is 11.8. The van der Waals surface area contributed by atoms with Crippen molar-refractivity contribution in [1.29, 1.82) is 0 Å². The number of allylic oxidation sites excluding steroid dienone is 8. The second-order valence-electron chi connectivity index (χ2n) is 18.1. The standard InChI is InChI=1S/C57H102O6/c1-4-7-10-13-16-19-22-25-28-31-34-37-40-43-46-49-55(58)61-52-54(63-57(60)51-48-45-42-39-36-33-30-27-24-21-18-15-12-9-6-3)53-62-56(59)50-47-44-41-38-35-32-29-26-23-20-17-14-11-8-5-2/h16,18-19,21,25,27-28,30,54H,4-15,17,20,22-24,26,29,31-53H2,1-3H3/b19-16-,21-18-,28-25-,30-27-/t54-/m0/s1. The maximum absolute atomic E-state index is 12.8. The van der Waals surface area contributed by atoms with Gasteiger partial charge in [-0.25, -0.2) is 0 Å². The Kier molecular flexibility index (Phi) is 49.8. The fourth-order valence-corrected chi connectivity index (χ4v) is 7.68. The molecule has 0 aliphatic rings. The molecule has 0 aliphatic carbocycles. The highest BCUT2D eigenvalue weighted by Crippen LogP contribution is 2.15. The van der Waals surface area contributed by atoms with E-state index in [4.69, 9.17) is 14.2 Å². The highest BCUT2D eigenvalue weighted by molar-refractivity contribution is 5.71. The Balaban J connectivity index is 4.40. The first kappa shape index (κ1) is 60.4. The fraction of sp³-hybridized carbons (Fsp3) is 0.807. The van der Waals surface area contributed by atoms with Gasteiger partial charge in [0.05, 0.1) is 0 Å². The normalized spacial score (nSPS) is 12.4. The van der Waals surface area contributed by atoms with Crippen LogP contribution in [0, 0.1) is 0 Å². The van der Waals surface area contributed by atoms with E-state index in [2.05, 4.69) is 69.4 Å². The monoisotopic (exact) mass is 883 g/mol. The molecule has 0 heterocycles. The van der Waals surface area contributed by atoms with Crippen LogP contribution in [-0.4, -0.2) is 37.2 Å². The van der Waals surface area contributed by atoms with Gasteiger partial charge in [0.1, 0.15) is 13.2 Å². The molecule has 0 aromatic heterocycles. The van der Waals surface area contributed by atoms with Crippen molar-refractivity contribution in [3.63, 3.8) is 0 Å². The SMILES string of the molecule is CCCCC/C=C\C/C=C\CCCCCCCC(=O)OC[C@@H](COC(=O)CCCCCCCCCCCCCCCCC)OC(=O)CCCCCCC/C=C\C/C=C\CCCCC. The summed E-state index contributed by atoms with van der Waals surface area (Å²) in [6, 6.07) is 0. The Bertz CT molecular complexity index is 1110. The lowest BCUT2D eigenvalue weighted by molar-refractivity contribution is -0.167. The minimum absolute atomic E-state index is 0.0809. The lowest BCUT2D eigenvalue weighted by Crippen LogP contribution is -2.30. The van der Waals surface area contributed by atoms with Crippen LogP contribution >= 0.6 is 0 Å². The summed E-state index contributed by atoms with van der Waals surface area (Å²) in [6.45, 7) is 6.58. The van der Waals surface area contributed by atoms with Gasteiger partial charge < -0.3 is 14.2 Å². The van der Waals surface area contributed by atoms with Crippen LogP contribution in [0.4, 0.5) is 0 Å². The summed E-state index contributed by atoms with van der Waals surface area (Å²) >= 11 is 0. The summed E-state index contributed by atoms with van der Waals surface area (Å²) in [5.41, 5.74) is 0. The number of esters is 3. The molecule has 0 aromatic carbocycles. The Morgan fingerprint density at radius 3 is 0.905 bits per heavy atom. The van der Waals surface area contributed by atoms with E-state index in [0.29, 0.717) is 19.3 Å². The average Bonchev–Trinajstić information content (AvgIpc) is 3.28. The van der Waals surface area contributed by atoms with Crippen molar-refractivity contribution in [2.75, 3.05) is 13.2 Å². The maximum Gasteiger partial charge on any atom is 0.306 e. The van der Waals surface area contributed by atoms with Gasteiger partial charge in [0.2, 0.25) is 0 Å². The van der Waals surface area contributed by atoms with Crippen LogP contribution in [0.2, 0.25) is 0 Å². The number of rotatable bonds is 49.